The van der Waals surface area contributed by atoms with Crippen molar-refractivity contribution in [1.82, 2.24) is 0 Å². The van der Waals surface area contributed by atoms with Crippen molar-refractivity contribution >= 4 is 11.4 Å². The highest BCUT2D eigenvalue weighted by Gasteiger charge is 2.33. The van der Waals surface area contributed by atoms with E-state index >= 15 is 0 Å². The van der Waals surface area contributed by atoms with Gasteiger partial charge in [-0.2, -0.15) is 5.26 Å². The molecule has 106 valence electrons. The van der Waals surface area contributed by atoms with Gasteiger partial charge >= 0.3 is 0 Å². The van der Waals surface area contributed by atoms with Crippen molar-refractivity contribution in [1.29, 1.82) is 5.26 Å². The summed E-state index contributed by atoms with van der Waals surface area (Å²) in [5.41, 5.74) is 6.87. The fraction of sp³-hybridized carbons (Fsp3) is 0.500. The molecule has 0 bridgehead atoms. The van der Waals surface area contributed by atoms with Crippen LogP contribution in [0, 0.1) is 26.9 Å². The summed E-state index contributed by atoms with van der Waals surface area (Å²) >= 11 is 0. The summed E-state index contributed by atoms with van der Waals surface area (Å²) in [6.45, 7) is 5.80. The van der Waals surface area contributed by atoms with E-state index in [2.05, 4.69) is 18.7 Å². The van der Waals surface area contributed by atoms with Crippen molar-refractivity contribution < 1.29 is 4.92 Å². The normalized spacial score (nSPS) is 21.3. The number of rotatable bonds is 2. The van der Waals surface area contributed by atoms with Crippen LogP contribution in [0.25, 0.3) is 0 Å². The summed E-state index contributed by atoms with van der Waals surface area (Å²) in [5.74, 6) is 0. The van der Waals surface area contributed by atoms with E-state index in [1.54, 1.807) is 12.1 Å². The summed E-state index contributed by atoms with van der Waals surface area (Å²) in [4.78, 5) is 12.4. The molecule has 0 radical (unpaired) electrons. The summed E-state index contributed by atoms with van der Waals surface area (Å²) in [6, 6.07) is 6.73. The van der Waals surface area contributed by atoms with Gasteiger partial charge in [-0.25, -0.2) is 0 Å². The van der Waals surface area contributed by atoms with Crippen LogP contribution in [0.2, 0.25) is 0 Å². The Morgan fingerprint density at radius 1 is 1.55 bits per heavy atom. The largest absolute Gasteiger partial charge is 0.371 e. The Morgan fingerprint density at radius 3 is 2.80 bits per heavy atom. The fourth-order valence-electron chi connectivity index (χ4n) is 2.56. The Kier molecular flexibility index (Phi) is 3.64. The van der Waals surface area contributed by atoms with Crippen LogP contribution >= 0.6 is 0 Å². The first-order valence-corrected chi connectivity index (χ1v) is 6.54. The number of hydrogen-bond donors (Lipinski definition) is 1. The molecule has 20 heavy (non-hydrogen) atoms. The van der Waals surface area contributed by atoms with E-state index in [1.807, 2.05) is 6.07 Å². The molecule has 0 saturated carbocycles. The molecule has 1 aliphatic heterocycles. The van der Waals surface area contributed by atoms with Crippen molar-refractivity contribution in [3.05, 3.63) is 33.9 Å². The Hall–Kier alpha value is -2.13. The molecule has 6 heteroatoms. The minimum atomic E-state index is -0.529. The molecule has 0 amide bonds. The molecular formula is C14H18N4O2. The van der Waals surface area contributed by atoms with E-state index in [1.165, 1.54) is 6.07 Å². The number of anilines is 1. The number of hydrogen-bond acceptors (Lipinski definition) is 5. The summed E-state index contributed by atoms with van der Waals surface area (Å²) in [5, 5.41) is 19.9. The maximum Gasteiger partial charge on any atom is 0.287 e. The van der Waals surface area contributed by atoms with Crippen LogP contribution in [0.4, 0.5) is 11.4 Å². The molecule has 2 N–H and O–H groups in total. The molecule has 1 unspecified atom stereocenters. The first kappa shape index (κ1) is 14.3. The number of nitriles is 1. The van der Waals surface area contributed by atoms with Gasteiger partial charge in [0.2, 0.25) is 0 Å². The van der Waals surface area contributed by atoms with Gasteiger partial charge in [0.15, 0.2) is 0 Å². The zero-order chi connectivity index (χ0) is 14.9. The number of nitro benzene ring substituents is 1. The van der Waals surface area contributed by atoms with Crippen molar-refractivity contribution in [2.45, 2.75) is 26.3 Å². The second-order valence-corrected chi connectivity index (χ2v) is 5.88. The van der Waals surface area contributed by atoms with Gasteiger partial charge < -0.3 is 10.6 Å². The molecule has 1 aromatic rings. The first-order valence-electron chi connectivity index (χ1n) is 6.54. The van der Waals surface area contributed by atoms with Gasteiger partial charge in [0.25, 0.3) is 5.69 Å². The molecule has 0 aromatic heterocycles. The standard InChI is InChI=1S/C14H18N4O2/c1-14(2)9-17(6-5-13(14)16)11-3-4-12(18(19)20)10(7-11)8-15/h3-4,7,13H,5-6,9,16H2,1-2H3. The zero-order valence-corrected chi connectivity index (χ0v) is 11.7. The van der Waals surface area contributed by atoms with Crippen LogP contribution in [0.15, 0.2) is 18.2 Å². The summed E-state index contributed by atoms with van der Waals surface area (Å²) < 4.78 is 0. The quantitative estimate of drug-likeness (QED) is 0.657. The van der Waals surface area contributed by atoms with Crippen LogP contribution in [0.1, 0.15) is 25.8 Å². The van der Waals surface area contributed by atoms with E-state index in [4.69, 9.17) is 11.0 Å². The van der Waals surface area contributed by atoms with Gasteiger partial charge in [0.05, 0.1) is 4.92 Å². The average molecular weight is 274 g/mol. The molecule has 1 heterocycles. The summed E-state index contributed by atoms with van der Waals surface area (Å²) in [6.07, 6.45) is 0.867. The van der Waals surface area contributed by atoms with Gasteiger partial charge in [-0.05, 0) is 24.0 Å². The Bertz CT molecular complexity index is 577. The van der Waals surface area contributed by atoms with Crippen molar-refractivity contribution in [2.75, 3.05) is 18.0 Å². The van der Waals surface area contributed by atoms with Gasteiger partial charge in [-0.3, -0.25) is 10.1 Å². The SMILES string of the molecule is CC1(C)CN(c2ccc([N+](=O)[O-])c(C#N)c2)CCC1N. The number of nitro groups is 1. The Balaban J connectivity index is 2.31. The highest BCUT2D eigenvalue weighted by Crippen LogP contribution is 2.32. The highest BCUT2D eigenvalue weighted by molar-refractivity contribution is 5.60. The smallest absolute Gasteiger partial charge is 0.287 e. The molecule has 6 nitrogen and oxygen atoms in total. The van der Waals surface area contributed by atoms with Crippen LogP contribution in [-0.4, -0.2) is 24.1 Å². The molecule has 0 spiro atoms. The zero-order valence-electron chi connectivity index (χ0n) is 11.7. The van der Waals surface area contributed by atoms with E-state index in [0.717, 1.165) is 25.2 Å². The minimum absolute atomic E-state index is 0.0210. The molecule has 1 aliphatic rings. The molecule has 2 rings (SSSR count). The number of nitrogens with two attached hydrogens (primary N) is 1. The number of piperidine rings is 1. The van der Waals surface area contributed by atoms with Crippen LogP contribution in [-0.2, 0) is 0 Å². The van der Waals surface area contributed by atoms with E-state index in [-0.39, 0.29) is 22.7 Å². The van der Waals surface area contributed by atoms with Crippen LogP contribution in [0.3, 0.4) is 0 Å². The topological polar surface area (TPSA) is 96.2 Å². The van der Waals surface area contributed by atoms with E-state index in [0.29, 0.717) is 0 Å². The lowest BCUT2D eigenvalue weighted by Crippen LogP contribution is -2.52. The van der Waals surface area contributed by atoms with E-state index < -0.39 is 4.92 Å². The maximum absolute atomic E-state index is 10.8. The fourth-order valence-corrected chi connectivity index (χ4v) is 2.56. The second kappa shape index (κ2) is 5.10. The molecule has 0 aliphatic carbocycles. The molecule has 1 fully saturated rings. The van der Waals surface area contributed by atoms with Crippen molar-refractivity contribution in [3.8, 4) is 6.07 Å². The van der Waals surface area contributed by atoms with Gasteiger partial charge in [0.1, 0.15) is 11.6 Å². The molecule has 1 aromatic carbocycles. The number of benzene rings is 1. The monoisotopic (exact) mass is 274 g/mol. The van der Waals surface area contributed by atoms with Crippen LogP contribution in [0.5, 0.6) is 0 Å². The third-order valence-corrected chi connectivity index (χ3v) is 3.97. The minimum Gasteiger partial charge on any atom is -0.371 e. The molecule has 1 saturated heterocycles. The predicted molar refractivity (Wildman–Crippen MR) is 76.4 cm³/mol. The van der Waals surface area contributed by atoms with Crippen molar-refractivity contribution in [2.24, 2.45) is 11.1 Å². The molecule has 1 atom stereocenters. The van der Waals surface area contributed by atoms with Gasteiger partial charge in [0, 0.05) is 30.9 Å². The number of nitrogens with zero attached hydrogens (tertiary/aromatic N) is 3. The summed E-state index contributed by atoms with van der Waals surface area (Å²) in [7, 11) is 0. The highest BCUT2D eigenvalue weighted by atomic mass is 16.6. The van der Waals surface area contributed by atoms with Gasteiger partial charge in [-0.15, -0.1) is 0 Å². The lowest BCUT2D eigenvalue weighted by atomic mass is 9.79. The lowest BCUT2D eigenvalue weighted by molar-refractivity contribution is -0.385. The van der Waals surface area contributed by atoms with Crippen molar-refractivity contribution in [3.63, 3.8) is 0 Å². The van der Waals surface area contributed by atoms with Crippen LogP contribution < -0.4 is 10.6 Å². The van der Waals surface area contributed by atoms with Gasteiger partial charge in [-0.1, -0.05) is 13.8 Å². The average Bonchev–Trinajstić information content (AvgIpc) is 2.40. The third-order valence-electron chi connectivity index (χ3n) is 3.97. The lowest BCUT2D eigenvalue weighted by Gasteiger charge is -2.43. The molecular weight excluding hydrogens is 256 g/mol. The van der Waals surface area contributed by atoms with E-state index in [9.17, 15) is 10.1 Å². The second-order valence-electron chi connectivity index (χ2n) is 5.88. The third kappa shape index (κ3) is 2.58. The predicted octanol–water partition coefficient (Wildman–Crippen LogP) is 2.03. The Morgan fingerprint density at radius 2 is 2.25 bits per heavy atom. The Labute approximate surface area is 117 Å². The maximum atomic E-state index is 10.8. The first-order chi connectivity index (χ1) is 9.35.